The summed E-state index contributed by atoms with van der Waals surface area (Å²) < 4.78 is 6.29. The van der Waals surface area contributed by atoms with Crippen molar-refractivity contribution in [2.45, 2.75) is 40.5 Å². The lowest BCUT2D eigenvalue weighted by Crippen LogP contribution is -2.28. The van der Waals surface area contributed by atoms with Gasteiger partial charge in [-0.3, -0.25) is 4.79 Å². The Morgan fingerprint density at radius 3 is 2.58 bits per heavy atom. The number of benzene rings is 2. The molecule has 4 aromatic rings. The van der Waals surface area contributed by atoms with E-state index < -0.39 is 0 Å². The fourth-order valence-corrected chi connectivity index (χ4v) is 4.26. The molecule has 2 N–H and O–H groups in total. The minimum atomic E-state index is -0.205. The summed E-state index contributed by atoms with van der Waals surface area (Å²) >= 11 is 0. The number of hydrogen-bond donors (Lipinski definition) is 2. The van der Waals surface area contributed by atoms with Crippen LogP contribution in [0.3, 0.4) is 0 Å². The van der Waals surface area contributed by atoms with Crippen LogP contribution in [0.4, 0.5) is 11.6 Å². The second-order valence-electron chi connectivity index (χ2n) is 9.89. The molecule has 208 valence electrons. The van der Waals surface area contributed by atoms with Crippen molar-refractivity contribution in [1.29, 1.82) is 0 Å². The van der Waals surface area contributed by atoms with Crippen molar-refractivity contribution in [2.24, 2.45) is 0 Å². The number of rotatable bonds is 12. The molecular weight excluding hydrogens is 500 g/mol. The second-order valence-corrected chi connectivity index (χ2v) is 9.89. The molecule has 0 fully saturated rings. The van der Waals surface area contributed by atoms with Gasteiger partial charge >= 0.3 is 0 Å². The van der Waals surface area contributed by atoms with E-state index >= 15 is 0 Å². The van der Waals surface area contributed by atoms with E-state index in [2.05, 4.69) is 59.3 Å². The summed E-state index contributed by atoms with van der Waals surface area (Å²) in [6.07, 6.45) is 3.40. The fraction of sp³-hybridized carbons (Fsp3) is 0.312. The van der Waals surface area contributed by atoms with Crippen LogP contribution in [0.25, 0.3) is 11.3 Å². The zero-order valence-corrected chi connectivity index (χ0v) is 23.9. The summed E-state index contributed by atoms with van der Waals surface area (Å²) in [6.45, 7) is 14.2. The van der Waals surface area contributed by atoms with Crippen molar-refractivity contribution >= 4 is 17.5 Å². The summed E-state index contributed by atoms with van der Waals surface area (Å²) in [5.74, 6) is 1.67. The summed E-state index contributed by atoms with van der Waals surface area (Å²) in [6, 6.07) is 18.9. The average Bonchev–Trinajstić information content (AvgIpc) is 2.97. The highest BCUT2D eigenvalue weighted by Crippen LogP contribution is 2.32. The summed E-state index contributed by atoms with van der Waals surface area (Å²) in [4.78, 5) is 29.0. The first-order chi connectivity index (χ1) is 19.4. The first kappa shape index (κ1) is 28.7. The van der Waals surface area contributed by atoms with E-state index in [0.29, 0.717) is 34.8 Å². The summed E-state index contributed by atoms with van der Waals surface area (Å²) in [5, 5.41) is 6.31. The Labute approximate surface area is 236 Å². The van der Waals surface area contributed by atoms with E-state index in [-0.39, 0.29) is 5.91 Å². The van der Waals surface area contributed by atoms with Crippen LogP contribution in [-0.2, 0) is 0 Å². The minimum Gasteiger partial charge on any atom is -0.438 e. The van der Waals surface area contributed by atoms with Gasteiger partial charge in [0, 0.05) is 36.7 Å². The summed E-state index contributed by atoms with van der Waals surface area (Å²) in [5.41, 5.74) is 4.74. The molecule has 0 unspecified atom stereocenters. The van der Waals surface area contributed by atoms with Gasteiger partial charge in [-0.2, -0.15) is 0 Å². The number of aromatic nitrogens is 3. The standard InChI is InChI=1S/C32H38N6O2/c1-6-38(7-2)19-18-35-32-34-17-15-28(37-32)27-12-9-16-33-31(27)40-29-21-25(14-13-23(29)5)30(39)36-26-11-8-10-24(20-26)22(3)4/h8-17,20-22H,6-7,18-19H2,1-5H3,(H,36,39)(H,34,35,37). The van der Waals surface area contributed by atoms with Gasteiger partial charge in [0.15, 0.2) is 0 Å². The van der Waals surface area contributed by atoms with Gasteiger partial charge in [0.05, 0.1) is 11.3 Å². The van der Waals surface area contributed by atoms with Crippen LogP contribution in [0.2, 0.25) is 0 Å². The Bertz CT molecular complexity index is 1430. The smallest absolute Gasteiger partial charge is 0.255 e. The molecule has 0 radical (unpaired) electrons. The van der Waals surface area contributed by atoms with Crippen molar-refractivity contribution in [3.05, 3.63) is 89.7 Å². The lowest BCUT2D eigenvalue weighted by molar-refractivity contribution is 0.102. The third kappa shape index (κ3) is 7.42. The van der Waals surface area contributed by atoms with Crippen molar-refractivity contribution in [3.63, 3.8) is 0 Å². The third-order valence-corrected chi connectivity index (χ3v) is 6.78. The number of nitrogens with zero attached hydrogens (tertiary/aromatic N) is 4. The van der Waals surface area contributed by atoms with Crippen molar-refractivity contribution < 1.29 is 9.53 Å². The van der Waals surface area contributed by atoms with Crippen LogP contribution < -0.4 is 15.4 Å². The van der Waals surface area contributed by atoms with E-state index in [9.17, 15) is 4.79 Å². The van der Waals surface area contributed by atoms with E-state index in [1.807, 2.05) is 49.4 Å². The lowest BCUT2D eigenvalue weighted by Gasteiger charge is -2.18. The third-order valence-electron chi connectivity index (χ3n) is 6.78. The highest BCUT2D eigenvalue weighted by atomic mass is 16.5. The highest BCUT2D eigenvalue weighted by Gasteiger charge is 2.15. The molecule has 2 heterocycles. The molecule has 8 heteroatoms. The van der Waals surface area contributed by atoms with E-state index in [0.717, 1.165) is 43.0 Å². The van der Waals surface area contributed by atoms with Crippen LogP contribution in [0.1, 0.15) is 55.1 Å². The largest absolute Gasteiger partial charge is 0.438 e. The van der Waals surface area contributed by atoms with Crippen LogP contribution in [0, 0.1) is 6.92 Å². The van der Waals surface area contributed by atoms with Crippen LogP contribution in [-0.4, -0.2) is 51.9 Å². The highest BCUT2D eigenvalue weighted by molar-refractivity contribution is 6.04. The molecule has 0 aliphatic rings. The average molecular weight is 539 g/mol. The SMILES string of the molecule is CCN(CC)CCNc1nccc(-c2cccnc2Oc2cc(C(=O)Nc3cccc(C(C)C)c3)ccc2C)n1. The predicted octanol–water partition coefficient (Wildman–Crippen LogP) is 6.77. The quantitative estimate of drug-likeness (QED) is 0.206. The first-order valence-electron chi connectivity index (χ1n) is 13.8. The van der Waals surface area contributed by atoms with Gasteiger partial charge in [-0.05, 0) is 79.5 Å². The molecular formula is C32H38N6O2. The number of ether oxygens (including phenoxy) is 1. The molecule has 0 atom stereocenters. The number of likely N-dealkylation sites (N-methyl/N-ethyl adjacent to an activating group) is 1. The molecule has 0 aliphatic heterocycles. The number of hydrogen-bond acceptors (Lipinski definition) is 7. The second kappa shape index (κ2) is 13.7. The van der Waals surface area contributed by atoms with E-state index in [1.54, 1.807) is 24.5 Å². The molecule has 0 bridgehead atoms. The van der Waals surface area contributed by atoms with E-state index in [1.165, 1.54) is 5.56 Å². The number of carbonyl (C=O) groups is 1. The first-order valence-corrected chi connectivity index (χ1v) is 13.8. The maximum atomic E-state index is 13.1. The zero-order valence-electron chi connectivity index (χ0n) is 23.9. The molecule has 0 saturated carbocycles. The van der Waals surface area contributed by atoms with E-state index in [4.69, 9.17) is 9.72 Å². The van der Waals surface area contributed by atoms with Gasteiger partial charge in [-0.15, -0.1) is 0 Å². The monoisotopic (exact) mass is 538 g/mol. The molecule has 2 aromatic carbocycles. The Hall–Kier alpha value is -4.30. The minimum absolute atomic E-state index is 0.205. The number of nitrogens with one attached hydrogen (secondary N) is 2. The van der Waals surface area contributed by atoms with Crippen LogP contribution >= 0.6 is 0 Å². The Morgan fingerprint density at radius 2 is 1.80 bits per heavy atom. The lowest BCUT2D eigenvalue weighted by atomic mass is 10.0. The van der Waals surface area contributed by atoms with Crippen LogP contribution in [0.5, 0.6) is 11.6 Å². The maximum absolute atomic E-state index is 13.1. The molecule has 2 aromatic heterocycles. The fourth-order valence-electron chi connectivity index (χ4n) is 4.26. The number of amides is 1. The number of carbonyl (C=O) groups excluding carboxylic acids is 1. The molecule has 0 saturated heterocycles. The van der Waals surface area contributed by atoms with Gasteiger partial charge < -0.3 is 20.3 Å². The van der Waals surface area contributed by atoms with Gasteiger partial charge in [-0.1, -0.05) is 45.9 Å². The molecule has 0 spiro atoms. The predicted molar refractivity (Wildman–Crippen MR) is 161 cm³/mol. The molecule has 1 amide bonds. The van der Waals surface area contributed by atoms with Crippen LogP contribution in [0.15, 0.2) is 73.1 Å². The number of aryl methyl sites for hydroxylation is 1. The van der Waals surface area contributed by atoms with Gasteiger partial charge in [0.2, 0.25) is 11.8 Å². The Kier molecular flexibility index (Phi) is 9.81. The van der Waals surface area contributed by atoms with Gasteiger partial charge in [-0.25, -0.2) is 15.0 Å². The molecule has 40 heavy (non-hydrogen) atoms. The molecule has 0 aliphatic carbocycles. The number of anilines is 2. The van der Waals surface area contributed by atoms with Gasteiger partial charge in [0.25, 0.3) is 5.91 Å². The molecule has 4 rings (SSSR count). The van der Waals surface area contributed by atoms with Crippen molar-refractivity contribution in [2.75, 3.05) is 36.8 Å². The normalized spacial score (nSPS) is 11.1. The Morgan fingerprint density at radius 1 is 0.975 bits per heavy atom. The van der Waals surface area contributed by atoms with Crippen molar-refractivity contribution in [3.8, 4) is 22.9 Å². The number of pyridine rings is 1. The maximum Gasteiger partial charge on any atom is 0.255 e. The summed E-state index contributed by atoms with van der Waals surface area (Å²) in [7, 11) is 0. The Balaban J connectivity index is 1.52. The molecule has 8 nitrogen and oxygen atoms in total. The topological polar surface area (TPSA) is 92.3 Å². The van der Waals surface area contributed by atoms with Crippen molar-refractivity contribution in [1.82, 2.24) is 19.9 Å². The van der Waals surface area contributed by atoms with Gasteiger partial charge in [0.1, 0.15) is 5.75 Å². The zero-order chi connectivity index (χ0) is 28.5.